The predicted octanol–water partition coefficient (Wildman–Crippen LogP) is 5.49. The number of benzene rings is 3. The molecule has 66 heavy (non-hydrogen) atoms. The average Bonchev–Trinajstić information content (AvgIpc) is 3.34. The lowest BCUT2D eigenvalue weighted by Crippen LogP contribution is -2.48. The molecule has 0 radical (unpaired) electrons. The van der Waals surface area contributed by atoms with E-state index in [1.54, 1.807) is 38.1 Å². The third-order valence-electron chi connectivity index (χ3n) is 9.69. The Morgan fingerprint density at radius 3 is 1.33 bits per heavy atom. The summed E-state index contributed by atoms with van der Waals surface area (Å²) < 4.78 is 21.7. The molecular weight excluding hydrogens is 927 g/mol. The molecule has 3 saturated heterocycles. The molecule has 3 aromatic rings. The van der Waals surface area contributed by atoms with Crippen LogP contribution in [0.4, 0.5) is 32.8 Å². The first-order chi connectivity index (χ1) is 31.7. The molecule has 368 valence electrons. The van der Waals surface area contributed by atoms with Crippen molar-refractivity contribution in [2.75, 3.05) is 133 Å². The van der Waals surface area contributed by atoms with E-state index in [1.807, 2.05) is 17.0 Å². The van der Waals surface area contributed by atoms with E-state index in [2.05, 4.69) is 72.1 Å². The van der Waals surface area contributed by atoms with Gasteiger partial charge in [-0.05, 0) is 51.7 Å². The quantitative estimate of drug-likeness (QED) is 0.0832. The van der Waals surface area contributed by atoms with E-state index in [9.17, 15) is 44.3 Å². The van der Waals surface area contributed by atoms with Crippen molar-refractivity contribution in [3.63, 3.8) is 0 Å². The number of rotatable bonds is 13. The van der Waals surface area contributed by atoms with Gasteiger partial charge in [-0.3, -0.25) is 44.8 Å². The van der Waals surface area contributed by atoms with Crippen LogP contribution in [0.25, 0.3) is 0 Å². The lowest BCUT2D eigenvalue weighted by molar-refractivity contribution is -0.385. The van der Waals surface area contributed by atoms with E-state index in [-0.39, 0.29) is 38.8 Å². The summed E-state index contributed by atoms with van der Waals surface area (Å²) in [6.07, 6.45) is 0. The zero-order chi connectivity index (χ0) is 49.1. The zero-order valence-electron chi connectivity index (χ0n) is 38.8. The normalized spacial score (nSPS) is 14.3. The van der Waals surface area contributed by atoms with Crippen LogP contribution in [0.1, 0.15) is 34.6 Å². The second-order valence-corrected chi connectivity index (χ2v) is 14.7. The van der Waals surface area contributed by atoms with Crippen molar-refractivity contribution in [2.45, 2.75) is 34.6 Å². The highest BCUT2D eigenvalue weighted by molar-refractivity contribution is 9.09. The van der Waals surface area contributed by atoms with Crippen LogP contribution >= 0.6 is 15.9 Å². The van der Waals surface area contributed by atoms with Crippen LogP contribution in [0, 0.1) is 36.2 Å². The number of nitrogens with one attached hydrogen (secondary N) is 3. The molecule has 22 heteroatoms. The van der Waals surface area contributed by atoms with E-state index < -0.39 is 10.7 Å². The van der Waals surface area contributed by atoms with Crippen molar-refractivity contribution in [1.29, 1.82) is 0 Å². The van der Waals surface area contributed by atoms with E-state index in [0.29, 0.717) is 25.1 Å². The van der Waals surface area contributed by atoms with Crippen LogP contribution in [0.2, 0.25) is 0 Å². The van der Waals surface area contributed by atoms with Gasteiger partial charge in [0.1, 0.15) is 11.1 Å². The van der Waals surface area contributed by atoms with Gasteiger partial charge in [0, 0.05) is 120 Å². The molecule has 6 rings (SSSR count). The summed E-state index contributed by atoms with van der Waals surface area (Å²) in [4.78, 5) is 60.3. The summed E-state index contributed by atoms with van der Waals surface area (Å²) in [5, 5.41) is 41.4. The second kappa shape index (κ2) is 35.8. The van der Waals surface area contributed by atoms with Gasteiger partial charge in [-0.15, -0.1) is 0 Å². The van der Waals surface area contributed by atoms with Crippen LogP contribution in [0.3, 0.4) is 0 Å². The Kier molecular flexibility index (Phi) is 31.8. The van der Waals surface area contributed by atoms with Gasteiger partial charge in [-0.25, -0.2) is 4.39 Å². The molecule has 20 nitrogen and oxygen atoms in total. The first-order valence-electron chi connectivity index (χ1n) is 22.1. The molecule has 0 unspecified atom stereocenters. The van der Waals surface area contributed by atoms with Gasteiger partial charge in [-0.2, -0.15) is 0 Å². The number of alkyl halides is 1. The first-order valence-corrected chi connectivity index (χ1v) is 23.2. The monoisotopic (exact) mass is 994 g/mol. The van der Waals surface area contributed by atoms with Crippen LogP contribution in [0.15, 0.2) is 72.8 Å². The van der Waals surface area contributed by atoms with Gasteiger partial charge in [0.2, 0.25) is 0 Å². The molecule has 3 aromatic carbocycles. The molecule has 3 heterocycles. The number of nitro groups is 3. The van der Waals surface area contributed by atoms with Gasteiger partial charge in [-0.1, -0.05) is 54.9 Å². The van der Waals surface area contributed by atoms with Crippen molar-refractivity contribution >= 4 is 56.3 Å². The molecule has 0 aliphatic carbocycles. The lowest BCUT2D eigenvalue weighted by atomic mass is 10.2. The predicted molar refractivity (Wildman–Crippen MR) is 259 cm³/mol. The molecule has 3 N–H and O–H groups in total. The number of carbonyl (C=O) groups excluding carboxylic acids is 2. The fraction of sp³-hybridized carbons (Fsp3) is 0.545. The maximum Gasteiger partial charge on any atom is 0.320 e. The molecule has 0 bridgehead atoms. The summed E-state index contributed by atoms with van der Waals surface area (Å²) in [7, 11) is 0. The average molecular weight is 996 g/mol. The Hall–Kier alpha value is -5.39. The number of hydrogen-bond acceptors (Lipinski definition) is 17. The minimum absolute atomic E-state index is 0.0986. The van der Waals surface area contributed by atoms with E-state index in [0.717, 1.165) is 102 Å². The minimum Gasteiger partial charge on any atom is -0.465 e. The lowest BCUT2D eigenvalue weighted by Gasteiger charge is -2.35. The summed E-state index contributed by atoms with van der Waals surface area (Å²) >= 11 is 2.94. The van der Waals surface area contributed by atoms with Crippen molar-refractivity contribution in [3.05, 3.63) is 109 Å². The Bertz CT molecular complexity index is 1830. The van der Waals surface area contributed by atoms with Crippen LogP contribution in [-0.4, -0.2) is 160 Å². The molecule has 0 atom stereocenters. The fourth-order valence-corrected chi connectivity index (χ4v) is 6.31. The summed E-state index contributed by atoms with van der Waals surface area (Å²) in [6, 6.07) is 18.0. The first kappa shape index (κ1) is 58.6. The maximum absolute atomic E-state index is 12.2. The summed E-state index contributed by atoms with van der Waals surface area (Å²) in [5.41, 5.74) is 1.82. The summed E-state index contributed by atoms with van der Waals surface area (Å²) in [5.74, 6) is -1.00. The molecule has 3 fully saturated rings. The second-order valence-electron chi connectivity index (χ2n) is 14.2. The highest BCUT2D eigenvalue weighted by Gasteiger charge is 2.21. The van der Waals surface area contributed by atoms with Crippen LogP contribution in [0.5, 0.6) is 0 Å². The SMILES string of the molecule is C1CNCCN1.CCN(CC)CC.CCOC(=O)CBr.CCOC(=O)CN1CCN(c2cccc([N+](=O)[O-])c2)CC1.O=[N+]([O-])c1cccc(F)c1.O=[N+]([O-])c1cccc(N2CCNCC2)c1. The number of non-ortho nitro benzene ring substituents is 3. The molecular formula is C44H68BrFN10O10. The van der Waals surface area contributed by atoms with Gasteiger partial charge in [0.25, 0.3) is 17.1 Å². The number of nitro benzene ring substituents is 3. The number of esters is 2. The largest absolute Gasteiger partial charge is 0.465 e. The standard InChI is InChI=1S/C14H19N3O4.C10H13N3O2.C6H4FNO2.C6H15N.C4H7BrO2.C4H10N2/c1-2-21-14(18)11-15-6-8-16(9-7-15)12-4-3-5-13(10-12)17(19)20;14-13(15)10-3-1-2-9(8-10)12-6-4-11-5-7-12;7-5-2-1-3-6(4-5)8(9)10;1-4-7(5-2)6-3;1-2-7-4(6)3-5;1-2-6-4-3-5-1/h3-5,10H,2,6-9,11H2,1H3;1-3,8,11H,4-7H2;1-4H;4-6H2,1-3H3;2-3H2,1H3;5-6H,1-4H2. The molecule has 0 amide bonds. The van der Waals surface area contributed by atoms with Gasteiger partial charge in [0.05, 0.1) is 40.6 Å². The molecule has 3 aliphatic rings. The van der Waals surface area contributed by atoms with Crippen molar-refractivity contribution in [2.24, 2.45) is 0 Å². The van der Waals surface area contributed by atoms with E-state index in [4.69, 9.17) is 4.74 Å². The van der Waals surface area contributed by atoms with E-state index in [1.165, 1.54) is 43.9 Å². The van der Waals surface area contributed by atoms with Gasteiger partial charge >= 0.3 is 11.9 Å². The fourth-order valence-electron chi connectivity index (χ4n) is 6.15. The summed E-state index contributed by atoms with van der Waals surface area (Å²) in [6.45, 7) is 26.0. The topological polar surface area (TPSA) is 231 Å². The maximum atomic E-state index is 12.2. The van der Waals surface area contributed by atoms with Crippen LogP contribution < -0.4 is 25.8 Å². The Morgan fingerprint density at radius 1 is 0.606 bits per heavy atom. The zero-order valence-corrected chi connectivity index (χ0v) is 40.4. The van der Waals surface area contributed by atoms with E-state index >= 15 is 0 Å². The number of anilines is 2. The number of hydrogen-bond donors (Lipinski definition) is 3. The van der Waals surface area contributed by atoms with Crippen LogP contribution in [-0.2, 0) is 19.1 Å². The Labute approximate surface area is 395 Å². The van der Waals surface area contributed by atoms with Crippen molar-refractivity contribution < 1.29 is 38.2 Å². The number of nitrogens with zero attached hydrogens (tertiary/aromatic N) is 7. The van der Waals surface area contributed by atoms with Crippen molar-refractivity contribution in [1.82, 2.24) is 25.8 Å². The van der Waals surface area contributed by atoms with Gasteiger partial charge < -0.3 is 40.1 Å². The smallest absolute Gasteiger partial charge is 0.320 e. The number of carbonyl (C=O) groups is 2. The third kappa shape index (κ3) is 25.9. The molecule has 0 aromatic heterocycles. The van der Waals surface area contributed by atoms with Crippen molar-refractivity contribution in [3.8, 4) is 0 Å². The Morgan fingerprint density at radius 2 is 1.00 bits per heavy atom. The van der Waals surface area contributed by atoms with Gasteiger partial charge in [0.15, 0.2) is 0 Å². The third-order valence-corrected chi connectivity index (χ3v) is 10.1. The highest BCUT2D eigenvalue weighted by atomic mass is 79.9. The number of halogens is 2. The Balaban J connectivity index is 0.000000424. The minimum atomic E-state index is -0.636. The molecule has 3 aliphatic heterocycles. The number of ether oxygens (including phenoxy) is 2. The molecule has 0 saturated carbocycles. The number of piperazine rings is 3. The highest BCUT2D eigenvalue weighted by Crippen LogP contribution is 2.23. The molecule has 0 spiro atoms.